The van der Waals surface area contributed by atoms with Crippen molar-refractivity contribution in [3.05, 3.63) is 29.6 Å². The third kappa shape index (κ3) is 4.43. The van der Waals surface area contributed by atoms with Crippen LogP contribution in [0.5, 0.6) is 5.75 Å². The first-order valence-electron chi connectivity index (χ1n) is 5.99. The van der Waals surface area contributed by atoms with Crippen molar-refractivity contribution < 1.29 is 18.7 Å². The normalized spacial score (nSPS) is 11.8. The van der Waals surface area contributed by atoms with Crippen LogP contribution in [0.2, 0.25) is 0 Å². The Morgan fingerprint density at radius 3 is 2.85 bits per heavy atom. The van der Waals surface area contributed by atoms with Crippen molar-refractivity contribution in [3.8, 4) is 5.75 Å². The molecule has 0 aromatic heterocycles. The molecule has 0 radical (unpaired) electrons. The molecule has 20 heavy (non-hydrogen) atoms. The lowest BCUT2D eigenvalue weighted by molar-refractivity contribution is -0.127. The number of carbonyl (C=O) groups is 1. The number of benzene rings is 1. The van der Waals surface area contributed by atoms with E-state index in [1.54, 1.807) is 6.92 Å². The predicted octanol–water partition coefficient (Wildman–Crippen LogP) is 0.990. The molecule has 0 aliphatic rings. The Morgan fingerprint density at radius 2 is 2.25 bits per heavy atom. The highest BCUT2D eigenvalue weighted by Crippen LogP contribution is 2.22. The topological polar surface area (TPSA) is 73.6 Å². The van der Waals surface area contributed by atoms with Gasteiger partial charge in [-0.25, -0.2) is 4.39 Å². The third-order valence-electron chi connectivity index (χ3n) is 2.50. The van der Waals surface area contributed by atoms with Gasteiger partial charge in [-0.15, -0.1) is 0 Å². The van der Waals surface area contributed by atoms with E-state index in [9.17, 15) is 9.18 Å². The molecule has 1 atom stereocenters. The van der Waals surface area contributed by atoms with Gasteiger partial charge in [0, 0.05) is 13.7 Å². The van der Waals surface area contributed by atoms with Crippen LogP contribution in [-0.4, -0.2) is 37.3 Å². The minimum Gasteiger partial charge on any atom is -0.480 e. The standard InChI is InChI=1S/C13H17FN2O3S/c1-8(13(17)16-6-7-18-2)19-10-5-3-4-9(14)11(10)12(15)20/h3-5,8H,6-7H2,1-2H3,(H2,15,20)(H,16,17). The monoisotopic (exact) mass is 300 g/mol. The molecule has 0 bridgehead atoms. The number of hydrogen-bond acceptors (Lipinski definition) is 4. The number of methoxy groups -OCH3 is 1. The summed E-state index contributed by atoms with van der Waals surface area (Å²) in [6, 6.07) is 4.20. The molecular weight excluding hydrogens is 283 g/mol. The van der Waals surface area contributed by atoms with Crippen LogP contribution in [0.15, 0.2) is 18.2 Å². The molecule has 1 rings (SSSR count). The smallest absolute Gasteiger partial charge is 0.260 e. The quantitative estimate of drug-likeness (QED) is 0.580. The summed E-state index contributed by atoms with van der Waals surface area (Å²) in [6.07, 6.45) is -0.804. The van der Waals surface area contributed by atoms with Gasteiger partial charge in [0.15, 0.2) is 6.10 Å². The molecule has 0 saturated heterocycles. The zero-order valence-electron chi connectivity index (χ0n) is 11.3. The molecule has 110 valence electrons. The maximum Gasteiger partial charge on any atom is 0.260 e. The van der Waals surface area contributed by atoms with Crippen molar-refractivity contribution in [2.45, 2.75) is 13.0 Å². The summed E-state index contributed by atoms with van der Waals surface area (Å²) in [5, 5.41) is 2.62. The molecule has 1 amide bonds. The van der Waals surface area contributed by atoms with Crippen molar-refractivity contribution in [1.29, 1.82) is 0 Å². The molecule has 1 aromatic rings. The first-order chi connectivity index (χ1) is 9.47. The number of nitrogens with one attached hydrogen (secondary N) is 1. The lowest BCUT2D eigenvalue weighted by Gasteiger charge is -2.17. The van der Waals surface area contributed by atoms with E-state index in [1.165, 1.54) is 25.3 Å². The highest BCUT2D eigenvalue weighted by Gasteiger charge is 2.18. The minimum atomic E-state index is -0.804. The number of thiocarbonyl (C=S) groups is 1. The molecule has 5 nitrogen and oxygen atoms in total. The van der Waals surface area contributed by atoms with E-state index in [0.717, 1.165) is 0 Å². The van der Waals surface area contributed by atoms with Gasteiger partial charge in [0.1, 0.15) is 16.6 Å². The molecular formula is C13H17FN2O3S. The summed E-state index contributed by atoms with van der Waals surface area (Å²) in [5.41, 5.74) is 5.46. The van der Waals surface area contributed by atoms with Crippen LogP contribution in [0, 0.1) is 5.82 Å². The van der Waals surface area contributed by atoms with Crippen LogP contribution in [-0.2, 0) is 9.53 Å². The Labute approximate surface area is 122 Å². The summed E-state index contributed by atoms with van der Waals surface area (Å²) < 4.78 is 23.9. The van der Waals surface area contributed by atoms with E-state index in [0.29, 0.717) is 13.2 Å². The minimum absolute atomic E-state index is 0.000887. The Balaban J connectivity index is 2.75. The van der Waals surface area contributed by atoms with Crippen molar-refractivity contribution in [2.75, 3.05) is 20.3 Å². The average Bonchev–Trinajstić information content (AvgIpc) is 2.38. The van der Waals surface area contributed by atoms with E-state index in [-0.39, 0.29) is 22.2 Å². The van der Waals surface area contributed by atoms with Gasteiger partial charge in [-0.2, -0.15) is 0 Å². The number of halogens is 1. The number of carbonyl (C=O) groups excluding carboxylic acids is 1. The molecule has 1 unspecified atom stereocenters. The van der Waals surface area contributed by atoms with Crippen molar-refractivity contribution >= 4 is 23.1 Å². The van der Waals surface area contributed by atoms with Crippen LogP contribution in [0.1, 0.15) is 12.5 Å². The van der Waals surface area contributed by atoms with Gasteiger partial charge in [0.2, 0.25) is 0 Å². The number of amides is 1. The zero-order valence-corrected chi connectivity index (χ0v) is 12.1. The van der Waals surface area contributed by atoms with Crippen molar-refractivity contribution in [2.24, 2.45) is 5.73 Å². The van der Waals surface area contributed by atoms with Crippen molar-refractivity contribution in [1.82, 2.24) is 5.32 Å². The molecule has 0 spiro atoms. The van der Waals surface area contributed by atoms with Gasteiger partial charge in [-0.1, -0.05) is 18.3 Å². The SMILES string of the molecule is COCCNC(=O)C(C)Oc1cccc(F)c1C(N)=S. The Bertz CT molecular complexity index is 497. The van der Waals surface area contributed by atoms with Crippen LogP contribution in [0.25, 0.3) is 0 Å². The van der Waals surface area contributed by atoms with Crippen LogP contribution in [0.3, 0.4) is 0 Å². The molecule has 0 heterocycles. The second-order valence-corrected chi connectivity index (χ2v) is 4.46. The van der Waals surface area contributed by atoms with Gasteiger partial charge in [0.25, 0.3) is 5.91 Å². The summed E-state index contributed by atoms with van der Waals surface area (Å²) in [5.74, 6) is -0.769. The van der Waals surface area contributed by atoms with E-state index >= 15 is 0 Å². The second kappa shape index (κ2) is 7.76. The molecule has 7 heteroatoms. The highest BCUT2D eigenvalue weighted by molar-refractivity contribution is 7.80. The first kappa shape index (κ1) is 16.3. The van der Waals surface area contributed by atoms with Gasteiger partial charge >= 0.3 is 0 Å². The summed E-state index contributed by atoms with van der Waals surface area (Å²) in [7, 11) is 1.54. The van der Waals surface area contributed by atoms with Crippen LogP contribution < -0.4 is 15.8 Å². The fourth-order valence-corrected chi connectivity index (χ4v) is 1.70. The summed E-state index contributed by atoms with van der Waals surface area (Å²) in [4.78, 5) is 11.6. The van der Waals surface area contributed by atoms with Crippen LogP contribution >= 0.6 is 12.2 Å². The summed E-state index contributed by atoms with van der Waals surface area (Å²) >= 11 is 4.78. The number of ether oxygens (including phenoxy) is 2. The lowest BCUT2D eigenvalue weighted by Crippen LogP contribution is -2.38. The predicted molar refractivity (Wildman–Crippen MR) is 77.3 cm³/mol. The molecule has 0 saturated carbocycles. The number of hydrogen-bond donors (Lipinski definition) is 2. The van der Waals surface area contributed by atoms with Crippen LogP contribution in [0.4, 0.5) is 4.39 Å². The van der Waals surface area contributed by atoms with E-state index in [2.05, 4.69) is 5.32 Å². The largest absolute Gasteiger partial charge is 0.480 e. The van der Waals surface area contributed by atoms with Crippen molar-refractivity contribution in [3.63, 3.8) is 0 Å². The maximum absolute atomic E-state index is 13.6. The Kier molecular flexibility index (Phi) is 6.33. The average molecular weight is 300 g/mol. The van der Waals surface area contributed by atoms with Gasteiger partial charge in [0.05, 0.1) is 12.2 Å². The molecule has 0 aliphatic carbocycles. The van der Waals surface area contributed by atoms with E-state index < -0.39 is 11.9 Å². The Morgan fingerprint density at radius 1 is 1.55 bits per heavy atom. The van der Waals surface area contributed by atoms with Gasteiger partial charge < -0.3 is 20.5 Å². The molecule has 0 fully saturated rings. The van der Waals surface area contributed by atoms with Gasteiger partial charge in [-0.05, 0) is 19.1 Å². The number of nitrogens with two attached hydrogens (primary N) is 1. The van der Waals surface area contributed by atoms with E-state index in [1.807, 2.05) is 0 Å². The number of rotatable bonds is 7. The fourth-order valence-electron chi connectivity index (χ4n) is 1.51. The zero-order chi connectivity index (χ0) is 15.1. The van der Waals surface area contributed by atoms with E-state index in [4.69, 9.17) is 27.4 Å². The third-order valence-corrected chi connectivity index (χ3v) is 2.70. The maximum atomic E-state index is 13.6. The second-order valence-electron chi connectivity index (χ2n) is 4.02. The highest BCUT2D eigenvalue weighted by atomic mass is 32.1. The van der Waals surface area contributed by atoms with Gasteiger partial charge in [-0.3, -0.25) is 4.79 Å². The fraction of sp³-hybridized carbons (Fsp3) is 0.385. The summed E-state index contributed by atoms with van der Waals surface area (Å²) in [6.45, 7) is 2.32. The molecule has 3 N–H and O–H groups in total. The molecule has 0 aliphatic heterocycles. The molecule has 1 aromatic carbocycles. The lowest BCUT2D eigenvalue weighted by atomic mass is 10.2. The Hall–Kier alpha value is -1.73. The first-order valence-corrected chi connectivity index (χ1v) is 6.39.